The summed E-state index contributed by atoms with van der Waals surface area (Å²) >= 11 is 3.83. The monoisotopic (exact) mass is 474 g/mol. The second kappa shape index (κ2) is 11.4. The molecule has 28 heavy (non-hydrogen) atoms. The zero-order valence-corrected chi connectivity index (χ0v) is 22.2. The Morgan fingerprint density at radius 3 is 2.46 bits per heavy atom. The number of halogens is 1. The van der Waals surface area contributed by atoms with Crippen molar-refractivity contribution in [3.8, 4) is 0 Å². The molecule has 2 unspecified atom stereocenters. The van der Waals surface area contributed by atoms with Crippen LogP contribution in [0.1, 0.15) is 67.2 Å². The fraction of sp³-hybridized carbons (Fsp3) is 0.826. The molecule has 0 N–H and O–H groups in total. The highest BCUT2D eigenvalue weighted by molar-refractivity contribution is 9.11. The average molecular weight is 476 g/mol. The van der Waals surface area contributed by atoms with Gasteiger partial charge in [0.2, 0.25) is 0 Å². The first kappa shape index (κ1) is 26.1. The number of hydrogen-bond acceptors (Lipinski definition) is 3. The van der Waals surface area contributed by atoms with Gasteiger partial charge in [0.1, 0.15) is 0 Å². The molecule has 0 aromatic heterocycles. The molecule has 0 spiro atoms. The quantitative estimate of drug-likeness (QED) is 0.246. The van der Waals surface area contributed by atoms with Gasteiger partial charge in [0.25, 0.3) is 0 Å². The van der Waals surface area contributed by atoms with Crippen LogP contribution in [0.3, 0.4) is 0 Å². The first-order valence-corrected chi connectivity index (χ1v) is 14.5. The third-order valence-corrected chi connectivity index (χ3v) is 11.3. The van der Waals surface area contributed by atoms with Crippen molar-refractivity contribution in [2.24, 2.45) is 5.92 Å². The number of allylic oxidation sites excluding steroid dienone is 1. The Morgan fingerprint density at radius 1 is 1.29 bits per heavy atom. The summed E-state index contributed by atoms with van der Waals surface area (Å²) in [6, 6.07) is 0. The molecule has 3 nitrogen and oxygen atoms in total. The van der Waals surface area contributed by atoms with Gasteiger partial charge in [0.05, 0.1) is 12.7 Å². The minimum atomic E-state index is -1.74. The van der Waals surface area contributed by atoms with Crippen molar-refractivity contribution >= 4 is 24.2 Å². The summed E-state index contributed by atoms with van der Waals surface area (Å²) < 4.78 is 19.2. The number of rotatable bonds is 10. The van der Waals surface area contributed by atoms with Gasteiger partial charge in [-0.2, -0.15) is 0 Å². The number of hydrogen-bond donors (Lipinski definition) is 0. The minimum Gasteiger partial charge on any atom is -0.414 e. The Hall–Kier alpha value is 0.0569. The van der Waals surface area contributed by atoms with Gasteiger partial charge in [0.15, 0.2) is 8.32 Å². The third kappa shape index (κ3) is 8.06. The summed E-state index contributed by atoms with van der Waals surface area (Å²) in [6.07, 6.45) is 6.81. The fourth-order valence-electron chi connectivity index (χ4n) is 3.21. The molecule has 0 aliphatic carbocycles. The second-order valence-electron chi connectivity index (χ2n) is 9.99. The van der Waals surface area contributed by atoms with Crippen molar-refractivity contribution in [3.05, 3.63) is 21.7 Å². The van der Waals surface area contributed by atoms with E-state index in [4.69, 9.17) is 13.9 Å². The lowest BCUT2D eigenvalue weighted by Gasteiger charge is -2.38. The van der Waals surface area contributed by atoms with Crippen LogP contribution in [0.25, 0.3) is 0 Å². The summed E-state index contributed by atoms with van der Waals surface area (Å²) in [5.41, 5.74) is 2.70. The molecule has 0 aromatic rings. The van der Waals surface area contributed by atoms with Gasteiger partial charge >= 0.3 is 0 Å². The Balaban J connectivity index is 2.94. The molecule has 1 rings (SSSR count). The zero-order valence-electron chi connectivity index (χ0n) is 19.7. The van der Waals surface area contributed by atoms with Crippen LogP contribution in [0.2, 0.25) is 18.1 Å². The molecule has 0 bridgehead atoms. The van der Waals surface area contributed by atoms with Gasteiger partial charge in [-0.3, -0.25) is 0 Å². The topological polar surface area (TPSA) is 27.7 Å². The van der Waals surface area contributed by atoms with Crippen LogP contribution in [0, 0.1) is 5.92 Å². The van der Waals surface area contributed by atoms with Crippen LogP contribution in [-0.2, 0) is 13.9 Å². The zero-order chi connectivity index (χ0) is 21.5. The van der Waals surface area contributed by atoms with Crippen molar-refractivity contribution in [2.75, 3.05) is 20.3 Å². The van der Waals surface area contributed by atoms with Crippen molar-refractivity contribution in [3.63, 3.8) is 0 Å². The second-order valence-corrected chi connectivity index (χ2v) is 15.7. The molecule has 0 radical (unpaired) electrons. The van der Waals surface area contributed by atoms with Crippen LogP contribution < -0.4 is 0 Å². The molecule has 1 saturated heterocycles. The molecule has 0 saturated carbocycles. The van der Waals surface area contributed by atoms with E-state index in [0.29, 0.717) is 12.5 Å². The molecule has 164 valence electrons. The van der Waals surface area contributed by atoms with Crippen LogP contribution in [0.15, 0.2) is 21.7 Å². The van der Waals surface area contributed by atoms with Crippen LogP contribution >= 0.6 is 15.9 Å². The molecular formula is C23H43BrO3Si. The van der Waals surface area contributed by atoms with Gasteiger partial charge in [-0.15, -0.1) is 0 Å². The van der Waals surface area contributed by atoms with Crippen LogP contribution in [0.5, 0.6) is 0 Å². The highest BCUT2D eigenvalue weighted by Crippen LogP contribution is 2.39. The summed E-state index contributed by atoms with van der Waals surface area (Å²) in [4.78, 5) is 0. The predicted molar refractivity (Wildman–Crippen MR) is 127 cm³/mol. The van der Waals surface area contributed by atoms with E-state index in [1.54, 1.807) is 7.11 Å². The minimum absolute atomic E-state index is 0.199. The van der Waals surface area contributed by atoms with E-state index in [9.17, 15) is 0 Å². The van der Waals surface area contributed by atoms with Gasteiger partial charge < -0.3 is 13.9 Å². The summed E-state index contributed by atoms with van der Waals surface area (Å²) in [7, 11) is 0.0132. The van der Waals surface area contributed by atoms with E-state index in [0.717, 1.165) is 32.3 Å². The van der Waals surface area contributed by atoms with E-state index in [1.165, 1.54) is 15.6 Å². The fourth-order valence-corrected chi connectivity index (χ4v) is 5.29. The van der Waals surface area contributed by atoms with Crippen LogP contribution in [-0.4, -0.2) is 40.8 Å². The summed E-state index contributed by atoms with van der Waals surface area (Å²) in [5.74, 6) is 0.612. The average Bonchev–Trinajstić information content (AvgIpc) is 2.93. The summed E-state index contributed by atoms with van der Waals surface area (Å²) in [6.45, 7) is 19.8. The molecule has 5 heteroatoms. The smallest absolute Gasteiger partial charge is 0.192 e. The normalized spacial score (nSPS) is 23.0. The van der Waals surface area contributed by atoms with Crippen molar-refractivity contribution in [1.82, 2.24) is 0 Å². The first-order chi connectivity index (χ1) is 12.9. The molecule has 0 aromatic carbocycles. The third-order valence-electron chi connectivity index (χ3n) is 5.85. The van der Waals surface area contributed by atoms with Crippen molar-refractivity contribution < 1.29 is 13.9 Å². The number of ether oxygens (including phenoxy) is 2. The summed E-state index contributed by atoms with van der Waals surface area (Å²) in [5, 5.41) is 0.237. The lowest BCUT2D eigenvalue weighted by molar-refractivity contribution is 0.112. The molecule has 1 aliphatic rings. The van der Waals surface area contributed by atoms with Crippen molar-refractivity contribution in [2.45, 2.75) is 97.6 Å². The molecule has 1 aliphatic heterocycles. The SMILES string of the molecule is COCCC/C(Br)=C1/COC(CC(C)C)/C1=C\CC(C)O[Si](C)(C)C(C)(C)C. The molecule has 0 amide bonds. The van der Waals surface area contributed by atoms with Gasteiger partial charge in [0, 0.05) is 24.3 Å². The van der Waals surface area contributed by atoms with Gasteiger partial charge in [-0.1, -0.05) is 56.6 Å². The maximum absolute atomic E-state index is 6.56. The standard InChI is InChI=1S/C23H43BrO3Si/c1-17(2)15-22-19(20(16-26-22)21(24)11-10-14-25-7)13-12-18(3)27-28(8,9)23(4,5)6/h13,17-18,22H,10-12,14-16H2,1-9H3/b19-13-,21-20+. The highest BCUT2D eigenvalue weighted by Gasteiger charge is 2.38. The van der Waals surface area contributed by atoms with E-state index in [1.807, 2.05) is 0 Å². The maximum Gasteiger partial charge on any atom is 0.192 e. The highest BCUT2D eigenvalue weighted by atomic mass is 79.9. The van der Waals surface area contributed by atoms with Gasteiger partial charge in [-0.25, -0.2) is 0 Å². The Kier molecular flexibility index (Phi) is 10.7. The van der Waals surface area contributed by atoms with Crippen LogP contribution in [0.4, 0.5) is 0 Å². The van der Waals surface area contributed by atoms with E-state index >= 15 is 0 Å². The largest absolute Gasteiger partial charge is 0.414 e. The lowest BCUT2D eigenvalue weighted by atomic mass is 9.94. The maximum atomic E-state index is 6.56. The van der Waals surface area contributed by atoms with E-state index < -0.39 is 8.32 Å². The van der Waals surface area contributed by atoms with E-state index in [-0.39, 0.29) is 17.2 Å². The predicted octanol–water partition coefficient (Wildman–Crippen LogP) is 7.23. The Labute approximate surface area is 183 Å². The first-order valence-electron chi connectivity index (χ1n) is 10.7. The Bertz CT molecular complexity index is 547. The molecule has 1 heterocycles. The lowest BCUT2D eigenvalue weighted by Crippen LogP contribution is -2.43. The molecule has 1 fully saturated rings. The van der Waals surface area contributed by atoms with Gasteiger partial charge in [-0.05, 0) is 67.8 Å². The molecular weight excluding hydrogens is 432 g/mol. The number of methoxy groups -OCH3 is 1. The van der Waals surface area contributed by atoms with Crippen molar-refractivity contribution in [1.29, 1.82) is 0 Å². The van der Waals surface area contributed by atoms with E-state index in [2.05, 4.69) is 76.6 Å². The molecule has 2 atom stereocenters. The Morgan fingerprint density at radius 2 is 1.93 bits per heavy atom.